The summed E-state index contributed by atoms with van der Waals surface area (Å²) in [5.74, 6) is -1.61. The lowest BCUT2D eigenvalue weighted by Gasteiger charge is -2.27. The number of hydrogen-bond donors (Lipinski definition) is 7. The molecule has 5 rings (SSSR count). The number of amides is 4. The highest BCUT2D eigenvalue weighted by atomic mass is 35.5. The van der Waals surface area contributed by atoms with E-state index in [0.717, 1.165) is 57.1 Å². The van der Waals surface area contributed by atoms with Gasteiger partial charge < -0.3 is 51.3 Å². The number of carbonyl (C=O) groups excluding carboxylic acids is 4. The largest absolute Gasteiger partial charge is 0.373 e. The van der Waals surface area contributed by atoms with Crippen LogP contribution in [-0.2, 0) is 21.1 Å². The monoisotopic (exact) mass is 726 g/mol. The fourth-order valence-corrected chi connectivity index (χ4v) is 6.56. The number of carbonyl (C=O) groups is 4. The summed E-state index contributed by atoms with van der Waals surface area (Å²) in [4.78, 5) is 54.3. The van der Waals surface area contributed by atoms with Crippen molar-refractivity contribution in [2.75, 3.05) is 73.6 Å². The zero-order chi connectivity index (χ0) is 35.8. The molecule has 0 aliphatic carbocycles. The number of nitrogens with one attached hydrogen (secondary N) is 6. The first-order chi connectivity index (χ1) is 24.0. The number of nitrogens with two attached hydrogens (primary N) is 1. The van der Waals surface area contributed by atoms with Crippen molar-refractivity contribution in [1.29, 1.82) is 0 Å². The Morgan fingerprint density at radius 3 is 1.86 bits per heavy atom. The van der Waals surface area contributed by atoms with Crippen LogP contribution in [0, 0.1) is 0 Å². The van der Waals surface area contributed by atoms with E-state index in [1.54, 1.807) is 65.6 Å². The Hall–Kier alpha value is -4.68. The van der Waals surface area contributed by atoms with Gasteiger partial charge in [-0.1, -0.05) is 11.6 Å². The van der Waals surface area contributed by atoms with Crippen molar-refractivity contribution < 1.29 is 19.2 Å². The maximum absolute atomic E-state index is 13.2. The molecule has 0 aromatic carbocycles. The Kier molecular flexibility index (Phi) is 12.3. The molecule has 0 radical (unpaired) electrons. The minimum atomic E-state index is -0.494. The van der Waals surface area contributed by atoms with Gasteiger partial charge in [0.25, 0.3) is 23.6 Å². The molecule has 1 aliphatic rings. The average Bonchev–Trinajstić information content (AvgIpc) is 3.85. The number of hydrogen-bond acceptors (Lipinski definition) is 10. The van der Waals surface area contributed by atoms with E-state index in [4.69, 9.17) is 17.3 Å². The number of anilines is 4. The van der Waals surface area contributed by atoms with Crippen molar-refractivity contribution in [1.82, 2.24) is 33.6 Å². The third-order valence-electron chi connectivity index (χ3n) is 8.18. The second kappa shape index (κ2) is 16.8. The molecular weight excluding hydrogens is 684 g/mol. The topological polar surface area (TPSA) is 197 Å². The van der Waals surface area contributed by atoms with Gasteiger partial charge in [-0.25, -0.2) is 0 Å². The maximum Gasteiger partial charge on any atom is 0.277 e. The van der Waals surface area contributed by atoms with E-state index < -0.39 is 17.7 Å². The first kappa shape index (κ1) is 36.6. The zero-order valence-corrected chi connectivity index (χ0v) is 29.8. The van der Waals surface area contributed by atoms with Crippen LogP contribution in [0.25, 0.3) is 0 Å². The molecule has 1 saturated heterocycles. The average molecular weight is 727 g/mol. The smallest absolute Gasteiger partial charge is 0.277 e. The van der Waals surface area contributed by atoms with Gasteiger partial charge in [-0.2, -0.15) is 4.37 Å². The van der Waals surface area contributed by atoms with Crippen LogP contribution in [0.1, 0.15) is 54.8 Å². The highest BCUT2D eigenvalue weighted by molar-refractivity contribution is 7.11. The quantitative estimate of drug-likeness (QED) is 0.0900. The molecule has 18 heteroatoms. The normalized spacial score (nSPS) is 13.2. The SMILES string of the molecule is Cn1cc(NC(=O)c2cc(NC(=O)c3cc(NC(=O)c4nsc(NCCN5CCNCC5)c4Cl)cn3C)cn2C)cc1C(=O)NCCCCN. The summed E-state index contributed by atoms with van der Waals surface area (Å²) in [6.07, 6.45) is 6.47. The summed E-state index contributed by atoms with van der Waals surface area (Å²) in [6, 6.07) is 4.69. The molecule has 1 fully saturated rings. The molecule has 268 valence electrons. The van der Waals surface area contributed by atoms with Crippen molar-refractivity contribution in [3.8, 4) is 0 Å². The van der Waals surface area contributed by atoms with Crippen molar-refractivity contribution in [2.45, 2.75) is 12.8 Å². The van der Waals surface area contributed by atoms with Crippen molar-refractivity contribution in [3.05, 3.63) is 64.6 Å². The van der Waals surface area contributed by atoms with E-state index >= 15 is 0 Å². The van der Waals surface area contributed by atoms with Crippen molar-refractivity contribution in [2.24, 2.45) is 26.9 Å². The Morgan fingerprint density at radius 2 is 1.32 bits per heavy atom. The molecule has 4 aromatic heterocycles. The van der Waals surface area contributed by atoms with Crippen LogP contribution in [0.3, 0.4) is 0 Å². The van der Waals surface area contributed by atoms with Crippen LogP contribution in [0.15, 0.2) is 36.8 Å². The number of piperazine rings is 1. The molecule has 1 aliphatic heterocycles. The Labute approximate surface area is 298 Å². The Morgan fingerprint density at radius 1 is 0.800 bits per heavy atom. The summed E-state index contributed by atoms with van der Waals surface area (Å²) in [7, 11) is 5.09. The lowest BCUT2D eigenvalue weighted by molar-refractivity contribution is 0.0942. The van der Waals surface area contributed by atoms with E-state index in [1.165, 1.54) is 6.07 Å². The number of unbranched alkanes of at least 4 members (excludes halogenated alkanes) is 1. The van der Waals surface area contributed by atoms with E-state index in [0.29, 0.717) is 47.4 Å². The molecular formula is C32H43ClN12O4S. The number of rotatable bonds is 15. The van der Waals surface area contributed by atoms with Crippen LogP contribution < -0.4 is 37.6 Å². The fourth-order valence-electron chi connectivity index (χ4n) is 5.51. The van der Waals surface area contributed by atoms with E-state index in [2.05, 4.69) is 41.2 Å². The third kappa shape index (κ3) is 9.10. The minimum absolute atomic E-state index is 0.0969. The van der Waals surface area contributed by atoms with Gasteiger partial charge in [0.15, 0.2) is 5.69 Å². The summed E-state index contributed by atoms with van der Waals surface area (Å²) in [5, 5.41) is 18.7. The Balaban J connectivity index is 1.15. The van der Waals surface area contributed by atoms with Gasteiger partial charge in [0.2, 0.25) is 0 Å². The number of aryl methyl sites for hydroxylation is 3. The van der Waals surface area contributed by atoms with Gasteiger partial charge >= 0.3 is 0 Å². The lowest BCUT2D eigenvalue weighted by Crippen LogP contribution is -2.45. The van der Waals surface area contributed by atoms with Crippen LogP contribution in [0.2, 0.25) is 5.02 Å². The van der Waals surface area contributed by atoms with E-state index in [9.17, 15) is 19.2 Å². The first-order valence-electron chi connectivity index (χ1n) is 16.3. The second-order valence-corrected chi connectivity index (χ2v) is 13.1. The van der Waals surface area contributed by atoms with Gasteiger partial charge in [-0.15, -0.1) is 0 Å². The molecule has 8 N–H and O–H groups in total. The van der Waals surface area contributed by atoms with Crippen LogP contribution in [0.4, 0.5) is 22.1 Å². The van der Waals surface area contributed by atoms with Gasteiger partial charge in [-0.05, 0) is 49.1 Å². The second-order valence-electron chi connectivity index (χ2n) is 12.0. The molecule has 4 amide bonds. The zero-order valence-electron chi connectivity index (χ0n) is 28.3. The number of halogens is 1. The van der Waals surface area contributed by atoms with Gasteiger partial charge in [0, 0.05) is 85.5 Å². The molecule has 4 aromatic rings. The van der Waals surface area contributed by atoms with Gasteiger partial charge in [-0.3, -0.25) is 24.1 Å². The lowest BCUT2D eigenvalue weighted by atomic mass is 10.3. The fraction of sp³-hybridized carbons (Fsp3) is 0.406. The predicted octanol–water partition coefficient (Wildman–Crippen LogP) is 2.35. The summed E-state index contributed by atoms with van der Waals surface area (Å²) < 4.78 is 9.05. The van der Waals surface area contributed by atoms with Crippen molar-refractivity contribution >= 4 is 68.8 Å². The molecule has 0 bridgehead atoms. The summed E-state index contributed by atoms with van der Waals surface area (Å²) in [5.41, 5.74) is 7.80. The predicted molar refractivity (Wildman–Crippen MR) is 196 cm³/mol. The molecule has 0 atom stereocenters. The Bertz CT molecular complexity index is 1840. The molecule has 0 saturated carbocycles. The maximum atomic E-state index is 13.2. The first-order valence-corrected chi connectivity index (χ1v) is 17.4. The van der Waals surface area contributed by atoms with Crippen LogP contribution >= 0.6 is 23.1 Å². The minimum Gasteiger partial charge on any atom is -0.373 e. The van der Waals surface area contributed by atoms with Gasteiger partial charge in [0.05, 0.1) is 17.1 Å². The summed E-state index contributed by atoms with van der Waals surface area (Å²) in [6.45, 7) is 6.53. The van der Waals surface area contributed by atoms with Crippen molar-refractivity contribution in [3.63, 3.8) is 0 Å². The summed E-state index contributed by atoms with van der Waals surface area (Å²) >= 11 is 7.62. The standard InChI is InChI=1S/C32H43ClN12O4S/c1-42-17-20(14-23(42)28(46)36-7-5-4-6-34)38-29(47)24-15-21(18-43(24)2)39-30(48)25-16-22(19-44(25)3)40-31(49)27-26(33)32(50-41-27)37-10-13-45-11-8-35-9-12-45/h14-19,35,37H,4-13,34H2,1-3H3,(H,36,46)(H,38,47)(H,39,48)(H,40,49). The van der Waals surface area contributed by atoms with E-state index in [-0.39, 0.29) is 28.0 Å². The van der Waals surface area contributed by atoms with Crippen LogP contribution in [0.5, 0.6) is 0 Å². The number of aromatic nitrogens is 4. The third-order valence-corrected chi connectivity index (χ3v) is 9.46. The molecule has 0 spiro atoms. The van der Waals surface area contributed by atoms with E-state index in [1.807, 2.05) is 0 Å². The van der Waals surface area contributed by atoms with Gasteiger partial charge in [0.1, 0.15) is 27.1 Å². The molecule has 50 heavy (non-hydrogen) atoms. The molecule has 5 heterocycles. The highest BCUT2D eigenvalue weighted by Gasteiger charge is 2.22. The molecule has 0 unspecified atom stereocenters. The highest BCUT2D eigenvalue weighted by Crippen LogP contribution is 2.31. The van der Waals surface area contributed by atoms with Crippen LogP contribution in [-0.4, -0.2) is 99.0 Å². The molecule has 16 nitrogen and oxygen atoms in total. The number of nitrogens with zero attached hydrogens (tertiary/aromatic N) is 5.